The fourth-order valence-corrected chi connectivity index (χ4v) is 3.24. The number of halogens is 1. The molecule has 2 amide bonds. The van der Waals surface area contributed by atoms with Crippen LogP contribution >= 0.6 is 11.6 Å². The van der Waals surface area contributed by atoms with Gasteiger partial charge >= 0.3 is 0 Å². The number of rotatable bonds is 11. The molecular formula is C24H31ClN2O4. The van der Waals surface area contributed by atoms with Gasteiger partial charge in [-0.2, -0.15) is 0 Å². The summed E-state index contributed by atoms with van der Waals surface area (Å²) in [6.07, 6.45) is 0.484. The van der Waals surface area contributed by atoms with E-state index in [4.69, 9.17) is 21.1 Å². The number of methoxy groups -OCH3 is 1. The SMILES string of the molecule is CC[C@H](C(=O)NCC(C)C)N(Cc1ccc(OC)cc1)C(=O)COc1ccccc1Cl. The van der Waals surface area contributed by atoms with Crippen LogP contribution < -0.4 is 14.8 Å². The number of carbonyl (C=O) groups excluding carboxylic acids is 2. The van der Waals surface area contributed by atoms with Crippen LogP contribution in [0.1, 0.15) is 32.8 Å². The molecule has 31 heavy (non-hydrogen) atoms. The van der Waals surface area contributed by atoms with Gasteiger partial charge in [0.1, 0.15) is 17.5 Å². The standard InChI is InChI=1S/C24H31ClN2O4/c1-5-21(24(29)26-14-17(2)3)27(15-18-10-12-19(30-4)13-11-18)23(28)16-31-22-9-7-6-8-20(22)25/h6-13,17,21H,5,14-16H2,1-4H3,(H,26,29)/t21-/m1/s1. The van der Waals surface area contributed by atoms with Crippen LogP contribution in [0.15, 0.2) is 48.5 Å². The third-order valence-electron chi connectivity index (χ3n) is 4.77. The van der Waals surface area contributed by atoms with E-state index >= 15 is 0 Å². The molecule has 1 atom stereocenters. The van der Waals surface area contributed by atoms with Crippen LogP contribution in [0.3, 0.4) is 0 Å². The van der Waals surface area contributed by atoms with Crippen LogP contribution in [0.25, 0.3) is 0 Å². The second-order valence-corrected chi connectivity index (χ2v) is 8.06. The fraction of sp³-hybridized carbons (Fsp3) is 0.417. The molecule has 0 radical (unpaired) electrons. The first-order valence-corrected chi connectivity index (χ1v) is 10.8. The molecule has 2 rings (SSSR count). The van der Waals surface area contributed by atoms with Crippen molar-refractivity contribution in [2.75, 3.05) is 20.3 Å². The zero-order valence-electron chi connectivity index (χ0n) is 18.6. The summed E-state index contributed by atoms with van der Waals surface area (Å²) in [5, 5.41) is 3.37. The molecule has 0 saturated carbocycles. The van der Waals surface area contributed by atoms with Crippen LogP contribution in [0.4, 0.5) is 0 Å². The zero-order valence-corrected chi connectivity index (χ0v) is 19.3. The number of nitrogens with zero attached hydrogens (tertiary/aromatic N) is 1. The first kappa shape index (κ1) is 24.5. The number of hydrogen-bond donors (Lipinski definition) is 1. The molecule has 0 bridgehead atoms. The summed E-state index contributed by atoms with van der Waals surface area (Å²) in [5.74, 6) is 1.01. The van der Waals surface area contributed by atoms with Gasteiger partial charge in [0.25, 0.3) is 5.91 Å². The lowest BCUT2D eigenvalue weighted by atomic mass is 10.1. The Morgan fingerprint density at radius 3 is 2.35 bits per heavy atom. The molecular weight excluding hydrogens is 416 g/mol. The van der Waals surface area contributed by atoms with Crippen molar-refractivity contribution >= 4 is 23.4 Å². The highest BCUT2D eigenvalue weighted by Crippen LogP contribution is 2.23. The third kappa shape index (κ3) is 7.47. The average Bonchev–Trinajstić information content (AvgIpc) is 2.77. The number of nitrogens with one attached hydrogen (secondary N) is 1. The molecule has 0 spiro atoms. The summed E-state index contributed by atoms with van der Waals surface area (Å²) >= 11 is 6.13. The maximum Gasteiger partial charge on any atom is 0.261 e. The summed E-state index contributed by atoms with van der Waals surface area (Å²) < 4.78 is 10.9. The Balaban J connectivity index is 2.20. The number of amides is 2. The maximum absolute atomic E-state index is 13.2. The lowest BCUT2D eigenvalue weighted by Crippen LogP contribution is -2.50. The molecule has 0 unspecified atom stereocenters. The van der Waals surface area contributed by atoms with Crippen molar-refractivity contribution in [2.45, 2.75) is 39.8 Å². The molecule has 1 N–H and O–H groups in total. The third-order valence-corrected chi connectivity index (χ3v) is 5.08. The molecule has 0 saturated heterocycles. The Bertz CT molecular complexity index is 855. The Kier molecular flexibility index (Phi) is 9.66. The molecule has 0 aliphatic heterocycles. The number of ether oxygens (including phenoxy) is 2. The highest BCUT2D eigenvalue weighted by molar-refractivity contribution is 6.32. The van der Waals surface area contributed by atoms with Gasteiger partial charge in [-0.1, -0.05) is 56.6 Å². The van der Waals surface area contributed by atoms with Crippen LogP contribution in [0, 0.1) is 5.92 Å². The van der Waals surface area contributed by atoms with Gasteiger partial charge in [-0.3, -0.25) is 9.59 Å². The number of carbonyl (C=O) groups is 2. The van der Waals surface area contributed by atoms with Gasteiger partial charge in [-0.05, 0) is 42.2 Å². The van der Waals surface area contributed by atoms with Gasteiger partial charge in [0.15, 0.2) is 6.61 Å². The van der Waals surface area contributed by atoms with E-state index < -0.39 is 6.04 Å². The Labute approximate surface area is 189 Å². The summed E-state index contributed by atoms with van der Waals surface area (Å²) in [7, 11) is 1.60. The molecule has 0 heterocycles. The lowest BCUT2D eigenvalue weighted by molar-refractivity contribution is -0.143. The minimum absolute atomic E-state index is 0.171. The summed E-state index contributed by atoms with van der Waals surface area (Å²) in [6, 6.07) is 13.8. The Morgan fingerprint density at radius 1 is 1.10 bits per heavy atom. The van der Waals surface area contributed by atoms with E-state index in [1.54, 1.807) is 36.3 Å². The van der Waals surface area contributed by atoms with Gasteiger partial charge in [0, 0.05) is 13.1 Å². The smallest absolute Gasteiger partial charge is 0.261 e. The first-order chi connectivity index (χ1) is 14.8. The number of benzene rings is 2. The predicted octanol–water partition coefficient (Wildman–Crippen LogP) is 4.31. The van der Waals surface area contributed by atoms with Gasteiger partial charge < -0.3 is 19.7 Å². The van der Waals surface area contributed by atoms with Crippen molar-refractivity contribution in [3.63, 3.8) is 0 Å². The van der Waals surface area contributed by atoms with Crippen LogP contribution in [-0.4, -0.2) is 43.0 Å². The molecule has 0 aliphatic carbocycles. The molecule has 0 aliphatic rings. The van der Waals surface area contributed by atoms with Crippen molar-refractivity contribution in [3.8, 4) is 11.5 Å². The molecule has 168 valence electrons. The van der Waals surface area contributed by atoms with E-state index in [0.29, 0.717) is 29.7 Å². The van der Waals surface area contributed by atoms with Crippen LogP contribution in [0.5, 0.6) is 11.5 Å². The largest absolute Gasteiger partial charge is 0.497 e. The fourth-order valence-electron chi connectivity index (χ4n) is 3.05. The normalized spacial score (nSPS) is 11.7. The number of para-hydroxylation sites is 1. The average molecular weight is 447 g/mol. The van der Waals surface area contributed by atoms with Crippen molar-refractivity contribution in [1.29, 1.82) is 0 Å². The van der Waals surface area contributed by atoms with Crippen molar-refractivity contribution in [1.82, 2.24) is 10.2 Å². The minimum atomic E-state index is -0.608. The van der Waals surface area contributed by atoms with E-state index in [1.165, 1.54) is 0 Å². The van der Waals surface area contributed by atoms with Crippen molar-refractivity contribution in [2.24, 2.45) is 5.92 Å². The van der Waals surface area contributed by atoms with E-state index in [0.717, 1.165) is 11.3 Å². The maximum atomic E-state index is 13.2. The number of hydrogen-bond acceptors (Lipinski definition) is 4. The van der Waals surface area contributed by atoms with Gasteiger partial charge in [0.2, 0.25) is 5.91 Å². The highest BCUT2D eigenvalue weighted by Gasteiger charge is 2.29. The second kappa shape index (κ2) is 12.2. The Hall–Kier alpha value is -2.73. The monoisotopic (exact) mass is 446 g/mol. The van der Waals surface area contributed by atoms with Crippen molar-refractivity contribution < 1.29 is 19.1 Å². The molecule has 6 nitrogen and oxygen atoms in total. The summed E-state index contributed by atoms with van der Waals surface area (Å²) in [5.41, 5.74) is 0.891. The summed E-state index contributed by atoms with van der Waals surface area (Å²) in [6.45, 7) is 6.56. The van der Waals surface area contributed by atoms with Crippen molar-refractivity contribution in [3.05, 3.63) is 59.1 Å². The second-order valence-electron chi connectivity index (χ2n) is 7.65. The summed E-state index contributed by atoms with van der Waals surface area (Å²) in [4.78, 5) is 27.6. The van der Waals surface area contributed by atoms with Gasteiger partial charge in [0.05, 0.1) is 12.1 Å². The highest BCUT2D eigenvalue weighted by atomic mass is 35.5. The molecule has 7 heteroatoms. The lowest BCUT2D eigenvalue weighted by Gasteiger charge is -2.31. The van der Waals surface area contributed by atoms with Crippen LogP contribution in [-0.2, 0) is 16.1 Å². The molecule has 2 aromatic rings. The molecule has 2 aromatic carbocycles. The van der Waals surface area contributed by atoms with Gasteiger partial charge in [-0.15, -0.1) is 0 Å². The van der Waals surface area contributed by atoms with Crippen LogP contribution in [0.2, 0.25) is 5.02 Å². The Morgan fingerprint density at radius 2 is 1.77 bits per heavy atom. The quantitative estimate of drug-likeness (QED) is 0.558. The molecule has 0 aromatic heterocycles. The van der Waals surface area contributed by atoms with E-state index in [2.05, 4.69) is 5.32 Å². The molecule has 0 fully saturated rings. The van der Waals surface area contributed by atoms with E-state index in [-0.39, 0.29) is 25.0 Å². The zero-order chi connectivity index (χ0) is 22.8. The topological polar surface area (TPSA) is 67.9 Å². The van der Waals surface area contributed by atoms with E-state index in [9.17, 15) is 9.59 Å². The predicted molar refractivity (Wildman–Crippen MR) is 122 cm³/mol. The van der Waals surface area contributed by atoms with Gasteiger partial charge in [-0.25, -0.2) is 0 Å². The minimum Gasteiger partial charge on any atom is -0.497 e. The first-order valence-electron chi connectivity index (χ1n) is 10.4. The van der Waals surface area contributed by atoms with E-state index in [1.807, 2.05) is 45.0 Å².